The van der Waals surface area contributed by atoms with Crippen LogP contribution in [0.1, 0.15) is 5.69 Å². The number of fused-ring (bicyclic) bond motifs is 1. The molecule has 2 aromatic carbocycles. The van der Waals surface area contributed by atoms with Gasteiger partial charge in [-0.25, -0.2) is 0 Å². The highest BCUT2D eigenvalue weighted by molar-refractivity contribution is 9.11. The lowest BCUT2D eigenvalue weighted by Crippen LogP contribution is -2.02. The van der Waals surface area contributed by atoms with E-state index in [0.717, 1.165) is 30.3 Å². The van der Waals surface area contributed by atoms with Gasteiger partial charge in [0.2, 0.25) is 0 Å². The number of anilines is 1. The van der Waals surface area contributed by atoms with Crippen molar-refractivity contribution in [3.63, 3.8) is 0 Å². The minimum atomic E-state index is 0.667. The van der Waals surface area contributed by atoms with E-state index >= 15 is 0 Å². The van der Waals surface area contributed by atoms with Gasteiger partial charge in [0.05, 0.1) is 23.4 Å². The molecule has 3 nitrogen and oxygen atoms in total. The summed E-state index contributed by atoms with van der Waals surface area (Å²) in [7, 11) is 1.97. The van der Waals surface area contributed by atoms with Crippen LogP contribution in [-0.2, 0) is 13.6 Å². The minimum absolute atomic E-state index is 0.667. The summed E-state index contributed by atoms with van der Waals surface area (Å²) in [5.74, 6) is 0. The number of hydrogen-bond acceptors (Lipinski definition) is 2. The monoisotopic (exact) mass is 471 g/mol. The Hall–Kier alpha value is -0.850. The number of rotatable bonds is 3. The number of para-hydroxylation sites is 1. The molecule has 1 heterocycles. The van der Waals surface area contributed by atoms with E-state index in [2.05, 4.69) is 70.3 Å². The summed E-state index contributed by atoms with van der Waals surface area (Å²) in [5.41, 5.74) is 3.20. The van der Waals surface area contributed by atoms with Crippen LogP contribution < -0.4 is 5.32 Å². The van der Waals surface area contributed by atoms with Crippen molar-refractivity contribution in [3.8, 4) is 0 Å². The topological polar surface area (TPSA) is 29.9 Å². The molecule has 0 radical (unpaired) electrons. The van der Waals surface area contributed by atoms with Crippen LogP contribution in [-0.4, -0.2) is 9.78 Å². The van der Waals surface area contributed by atoms with Crippen LogP contribution in [0.2, 0.25) is 0 Å². The summed E-state index contributed by atoms with van der Waals surface area (Å²) >= 11 is 10.6. The second kappa shape index (κ2) is 6.10. The fraction of sp³-hybridized carbons (Fsp3) is 0.133. The largest absolute Gasteiger partial charge is 0.377 e. The number of aryl methyl sites for hydroxylation is 1. The standard InChI is InChI=1S/C15H12Br3N3/c1-21-14-5-3-2-4-10(14)13(20-21)8-19-15-11(17)6-9(16)7-12(15)18/h2-7,19H,8H2,1H3. The van der Waals surface area contributed by atoms with Gasteiger partial charge >= 0.3 is 0 Å². The number of nitrogens with one attached hydrogen (secondary N) is 1. The van der Waals surface area contributed by atoms with Gasteiger partial charge in [-0.2, -0.15) is 5.10 Å². The molecule has 0 unspecified atom stereocenters. The third-order valence-electron chi connectivity index (χ3n) is 3.27. The fourth-order valence-electron chi connectivity index (χ4n) is 2.30. The molecule has 0 aliphatic heterocycles. The maximum absolute atomic E-state index is 4.60. The van der Waals surface area contributed by atoms with Crippen molar-refractivity contribution in [2.75, 3.05) is 5.32 Å². The van der Waals surface area contributed by atoms with Crippen LogP contribution in [0.15, 0.2) is 49.8 Å². The van der Waals surface area contributed by atoms with Crippen molar-refractivity contribution in [1.82, 2.24) is 9.78 Å². The Kier molecular flexibility index (Phi) is 4.38. The van der Waals surface area contributed by atoms with Gasteiger partial charge in [0.15, 0.2) is 0 Å². The summed E-state index contributed by atoms with van der Waals surface area (Å²) in [5, 5.41) is 9.21. The highest BCUT2D eigenvalue weighted by Crippen LogP contribution is 2.34. The van der Waals surface area contributed by atoms with E-state index < -0.39 is 0 Å². The zero-order valence-corrected chi connectivity index (χ0v) is 16.0. The van der Waals surface area contributed by atoms with E-state index in [1.54, 1.807) is 0 Å². The molecule has 0 spiro atoms. The Bertz CT molecular complexity index is 788. The Morgan fingerprint density at radius 3 is 2.48 bits per heavy atom. The average Bonchev–Trinajstić information content (AvgIpc) is 2.75. The molecule has 0 atom stereocenters. The first-order valence-corrected chi connectivity index (χ1v) is 8.73. The normalized spacial score (nSPS) is 11.0. The summed E-state index contributed by atoms with van der Waals surface area (Å²) in [4.78, 5) is 0. The van der Waals surface area contributed by atoms with E-state index in [1.165, 1.54) is 5.39 Å². The second-order valence-electron chi connectivity index (χ2n) is 4.69. The van der Waals surface area contributed by atoms with Crippen molar-refractivity contribution in [3.05, 3.63) is 55.5 Å². The van der Waals surface area contributed by atoms with Gasteiger partial charge in [0.25, 0.3) is 0 Å². The van der Waals surface area contributed by atoms with Crippen LogP contribution in [0.5, 0.6) is 0 Å². The highest BCUT2D eigenvalue weighted by Gasteiger charge is 2.10. The molecule has 0 aliphatic rings. The Labute approximate surface area is 148 Å². The lowest BCUT2D eigenvalue weighted by molar-refractivity contribution is 0.771. The van der Waals surface area contributed by atoms with Crippen molar-refractivity contribution in [1.29, 1.82) is 0 Å². The van der Waals surface area contributed by atoms with Gasteiger partial charge in [-0.3, -0.25) is 4.68 Å². The first-order valence-electron chi connectivity index (χ1n) is 6.35. The zero-order valence-electron chi connectivity index (χ0n) is 11.2. The third kappa shape index (κ3) is 3.03. The van der Waals surface area contributed by atoms with Gasteiger partial charge in [0, 0.05) is 25.9 Å². The lowest BCUT2D eigenvalue weighted by Gasteiger charge is -2.10. The molecule has 0 bridgehead atoms. The Morgan fingerprint density at radius 1 is 1.10 bits per heavy atom. The third-order valence-corrected chi connectivity index (χ3v) is 4.98. The van der Waals surface area contributed by atoms with Gasteiger partial charge in [-0.1, -0.05) is 34.1 Å². The number of halogens is 3. The summed E-state index contributed by atoms with van der Waals surface area (Å²) < 4.78 is 4.95. The van der Waals surface area contributed by atoms with Crippen LogP contribution >= 0.6 is 47.8 Å². The van der Waals surface area contributed by atoms with Gasteiger partial charge in [-0.15, -0.1) is 0 Å². The second-order valence-corrected chi connectivity index (χ2v) is 7.31. The molecule has 1 N–H and O–H groups in total. The first-order chi connectivity index (χ1) is 10.1. The molecule has 0 amide bonds. The van der Waals surface area contributed by atoms with Crippen LogP contribution in [0.25, 0.3) is 10.9 Å². The van der Waals surface area contributed by atoms with E-state index in [0.29, 0.717) is 6.54 Å². The van der Waals surface area contributed by atoms with Crippen molar-refractivity contribution >= 4 is 64.4 Å². The van der Waals surface area contributed by atoms with Gasteiger partial charge in [0.1, 0.15) is 0 Å². The van der Waals surface area contributed by atoms with Crippen molar-refractivity contribution < 1.29 is 0 Å². The SMILES string of the molecule is Cn1nc(CNc2c(Br)cc(Br)cc2Br)c2ccccc21. The highest BCUT2D eigenvalue weighted by atomic mass is 79.9. The molecule has 21 heavy (non-hydrogen) atoms. The van der Waals surface area contributed by atoms with Crippen LogP contribution in [0.4, 0.5) is 5.69 Å². The number of benzene rings is 2. The molecule has 108 valence electrons. The van der Waals surface area contributed by atoms with Crippen LogP contribution in [0.3, 0.4) is 0 Å². The van der Waals surface area contributed by atoms with E-state index in [-0.39, 0.29) is 0 Å². The predicted octanol–water partition coefficient (Wildman–Crippen LogP) is 5.47. The summed E-state index contributed by atoms with van der Waals surface area (Å²) in [6.07, 6.45) is 0. The zero-order chi connectivity index (χ0) is 15.0. The quantitative estimate of drug-likeness (QED) is 0.546. The first kappa shape index (κ1) is 15.1. The minimum Gasteiger partial charge on any atom is -0.377 e. The molecule has 0 aliphatic carbocycles. The molecule has 6 heteroatoms. The number of hydrogen-bond donors (Lipinski definition) is 1. The van der Waals surface area contributed by atoms with E-state index in [1.807, 2.05) is 36.0 Å². The smallest absolute Gasteiger partial charge is 0.0894 e. The van der Waals surface area contributed by atoms with Crippen molar-refractivity contribution in [2.45, 2.75) is 6.54 Å². The van der Waals surface area contributed by atoms with Crippen LogP contribution in [0, 0.1) is 0 Å². The molecular weight excluding hydrogens is 462 g/mol. The molecular formula is C15H12Br3N3. The van der Waals surface area contributed by atoms with Gasteiger partial charge < -0.3 is 5.32 Å². The maximum Gasteiger partial charge on any atom is 0.0894 e. The number of aromatic nitrogens is 2. The molecule has 3 aromatic rings. The van der Waals surface area contributed by atoms with Gasteiger partial charge in [-0.05, 0) is 50.1 Å². The maximum atomic E-state index is 4.60. The Morgan fingerprint density at radius 2 is 1.76 bits per heavy atom. The average molecular weight is 474 g/mol. The van der Waals surface area contributed by atoms with E-state index in [9.17, 15) is 0 Å². The Balaban J connectivity index is 1.91. The molecule has 0 saturated heterocycles. The van der Waals surface area contributed by atoms with Crippen molar-refractivity contribution in [2.24, 2.45) is 7.05 Å². The summed E-state index contributed by atoms with van der Waals surface area (Å²) in [6, 6.07) is 12.3. The lowest BCUT2D eigenvalue weighted by atomic mass is 10.2. The molecule has 0 saturated carbocycles. The molecule has 3 rings (SSSR count). The van der Waals surface area contributed by atoms with E-state index in [4.69, 9.17) is 0 Å². The fourth-order valence-corrected chi connectivity index (χ4v) is 4.84. The molecule has 0 fully saturated rings. The molecule has 1 aromatic heterocycles. The predicted molar refractivity (Wildman–Crippen MR) is 97.6 cm³/mol. The number of nitrogens with zero attached hydrogens (tertiary/aromatic N) is 2. The summed E-state index contributed by atoms with van der Waals surface area (Å²) in [6.45, 7) is 0.667.